The van der Waals surface area contributed by atoms with Crippen LogP contribution in [0.2, 0.25) is 0 Å². The van der Waals surface area contributed by atoms with E-state index in [1.807, 2.05) is 13.0 Å². The van der Waals surface area contributed by atoms with Gasteiger partial charge in [0.05, 0.1) is 11.3 Å². The fourth-order valence-electron chi connectivity index (χ4n) is 4.43. The summed E-state index contributed by atoms with van der Waals surface area (Å²) in [7, 11) is 1.46. The third kappa shape index (κ3) is 2.93. The van der Waals surface area contributed by atoms with E-state index in [2.05, 4.69) is 5.10 Å². The second-order valence-corrected chi connectivity index (χ2v) is 7.59. The Kier molecular flexibility index (Phi) is 4.36. The van der Waals surface area contributed by atoms with E-state index in [0.29, 0.717) is 35.2 Å². The number of aliphatic hydroxyl groups is 1. The molecular formula is C21H21F3N2O2. The maximum Gasteiger partial charge on any atom is 0.435 e. The number of carbonyl (C=O) groups excluding carboxylic acids is 1. The number of Topliss-reactive ketones (excluding diaryl/α,β-unsaturated/α-hetero) is 1. The Labute approximate surface area is 160 Å². The maximum absolute atomic E-state index is 13.0. The van der Waals surface area contributed by atoms with Gasteiger partial charge >= 0.3 is 6.18 Å². The number of carbonyl (C=O) groups is 1. The highest BCUT2D eigenvalue weighted by atomic mass is 19.4. The number of rotatable bonds is 3. The standard InChI is InChI=1S/C21H21F3N2O2/c1-3-11-4-5-12(16-10-17(21(22,23)24)25-26(16)2)9-15(11)18-19(27)13-6-7-14(8-13)20(18)28/h4-5,9-10,13-14,27H,3,6-8H2,1-2H3/t13-,14+/m0/s1. The highest BCUT2D eigenvalue weighted by molar-refractivity contribution is 6.23. The molecule has 1 heterocycles. The summed E-state index contributed by atoms with van der Waals surface area (Å²) < 4.78 is 40.2. The van der Waals surface area contributed by atoms with E-state index < -0.39 is 11.9 Å². The molecule has 0 amide bonds. The summed E-state index contributed by atoms with van der Waals surface area (Å²) in [6, 6.07) is 6.27. The highest BCUT2D eigenvalue weighted by Crippen LogP contribution is 2.46. The predicted molar refractivity (Wildman–Crippen MR) is 98.4 cm³/mol. The number of aliphatic hydroxyl groups excluding tert-OH is 1. The smallest absolute Gasteiger partial charge is 0.435 e. The molecule has 2 aromatic rings. The lowest BCUT2D eigenvalue weighted by Crippen LogP contribution is -2.22. The molecule has 4 rings (SSSR count). The third-order valence-electron chi connectivity index (χ3n) is 5.92. The minimum Gasteiger partial charge on any atom is -0.511 e. The van der Waals surface area contributed by atoms with Crippen LogP contribution in [0.4, 0.5) is 13.2 Å². The Hall–Kier alpha value is -2.57. The summed E-state index contributed by atoms with van der Waals surface area (Å²) in [5.41, 5.74) is 1.73. The Morgan fingerprint density at radius 3 is 2.57 bits per heavy atom. The van der Waals surface area contributed by atoms with Crippen LogP contribution in [-0.2, 0) is 24.4 Å². The minimum absolute atomic E-state index is 0.000373. The normalized spacial score (nSPS) is 22.2. The van der Waals surface area contributed by atoms with Gasteiger partial charge in [0.15, 0.2) is 11.5 Å². The van der Waals surface area contributed by atoms with Crippen LogP contribution in [-0.4, -0.2) is 20.7 Å². The molecule has 1 N–H and O–H groups in total. The van der Waals surface area contributed by atoms with Gasteiger partial charge in [-0.05, 0) is 48.9 Å². The van der Waals surface area contributed by atoms with E-state index in [4.69, 9.17) is 0 Å². The first-order chi connectivity index (χ1) is 13.2. The molecule has 1 fully saturated rings. The third-order valence-corrected chi connectivity index (χ3v) is 5.92. The molecule has 0 spiro atoms. The number of nitrogens with zero attached hydrogens (tertiary/aromatic N) is 2. The van der Waals surface area contributed by atoms with Crippen LogP contribution in [0.1, 0.15) is 43.0 Å². The van der Waals surface area contributed by atoms with Crippen molar-refractivity contribution in [3.63, 3.8) is 0 Å². The van der Waals surface area contributed by atoms with E-state index >= 15 is 0 Å². The lowest BCUT2D eigenvalue weighted by Gasteiger charge is -2.23. The van der Waals surface area contributed by atoms with Crippen LogP contribution in [0.15, 0.2) is 30.0 Å². The second kappa shape index (κ2) is 6.50. The highest BCUT2D eigenvalue weighted by Gasteiger charge is 2.41. The van der Waals surface area contributed by atoms with Gasteiger partial charge in [-0.2, -0.15) is 18.3 Å². The van der Waals surface area contributed by atoms with Crippen LogP contribution >= 0.6 is 0 Å². The zero-order valence-electron chi connectivity index (χ0n) is 15.7. The average molecular weight is 390 g/mol. The molecule has 1 saturated carbocycles. The molecule has 0 saturated heterocycles. The summed E-state index contributed by atoms with van der Waals surface area (Å²) in [5.74, 6) is 0.00284. The predicted octanol–water partition coefficient (Wildman–Crippen LogP) is 4.94. The molecule has 7 heteroatoms. The van der Waals surface area contributed by atoms with Gasteiger partial charge in [-0.25, -0.2) is 0 Å². The second-order valence-electron chi connectivity index (χ2n) is 7.59. The monoisotopic (exact) mass is 390 g/mol. The van der Waals surface area contributed by atoms with Crippen molar-refractivity contribution in [3.8, 4) is 11.3 Å². The molecular weight excluding hydrogens is 369 g/mol. The lowest BCUT2D eigenvalue weighted by atomic mass is 9.81. The van der Waals surface area contributed by atoms with Crippen molar-refractivity contribution in [2.45, 2.75) is 38.8 Å². The van der Waals surface area contributed by atoms with Crippen LogP contribution in [0.5, 0.6) is 0 Å². The van der Waals surface area contributed by atoms with Crippen LogP contribution in [0, 0.1) is 11.8 Å². The molecule has 2 aliphatic carbocycles. The zero-order chi connectivity index (χ0) is 20.2. The van der Waals surface area contributed by atoms with Crippen molar-refractivity contribution in [1.29, 1.82) is 0 Å². The molecule has 0 unspecified atom stereocenters. The van der Waals surface area contributed by atoms with Gasteiger partial charge in [-0.3, -0.25) is 9.48 Å². The van der Waals surface area contributed by atoms with Crippen molar-refractivity contribution in [1.82, 2.24) is 9.78 Å². The number of allylic oxidation sites excluding steroid dienone is 2. The Morgan fingerprint density at radius 2 is 1.93 bits per heavy atom. The average Bonchev–Trinajstić information content (AvgIpc) is 3.25. The Bertz CT molecular complexity index is 988. The molecule has 1 aromatic heterocycles. The van der Waals surface area contributed by atoms with Gasteiger partial charge in [-0.15, -0.1) is 0 Å². The summed E-state index contributed by atoms with van der Waals surface area (Å²) in [6.45, 7) is 1.95. The maximum atomic E-state index is 13.0. The van der Waals surface area contributed by atoms with E-state index in [-0.39, 0.29) is 23.4 Å². The van der Waals surface area contributed by atoms with E-state index in [0.717, 1.165) is 24.5 Å². The van der Waals surface area contributed by atoms with Gasteiger partial charge < -0.3 is 5.11 Å². The number of halogens is 3. The summed E-state index contributed by atoms with van der Waals surface area (Å²) in [6.07, 6.45) is -1.62. The summed E-state index contributed by atoms with van der Waals surface area (Å²) >= 11 is 0. The SMILES string of the molecule is CCc1ccc(-c2cc(C(F)(F)F)nn2C)cc1C1=C(O)[C@H]2CC[C@H](C2)C1=O. The van der Waals surface area contributed by atoms with Crippen molar-refractivity contribution in [2.24, 2.45) is 18.9 Å². The first-order valence-electron chi connectivity index (χ1n) is 9.43. The summed E-state index contributed by atoms with van der Waals surface area (Å²) in [5, 5.41) is 14.3. The first-order valence-corrected chi connectivity index (χ1v) is 9.43. The van der Waals surface area contributed by atoms with E-state index in [9.17, 15) is 23.1 Å². The van der Waals surface area contributed by atoms with Crippen molar-refractivity contribution in [2.75, 3.05) is 0 Å². The van der Waals surface area contributed by atoms with Gasteiger partial charge in [0.1, 0.15) is 5.76 Å². The first kappa shape index (κ1) is 18.8. The quantitative estimate of drug-likeness (QED) is 0.808. The number of aryl methyl sites for hydroxylation is 2. The number of alkyl halides is 3. The Morgan fingerprint density at radius 1 is 1.21 bits per heavy atom. The van der Waals surface area contributed by atoms with Crippen LogP contribution < -0.4 is 0 Å². The van der Waals surface area contributed by atoms with Gasteiger partial charge in [0.25, 0.3) is 0 Å². The molecule has 0 aliphatic heterocycles. The minimum atomic E-state index is -4.53. The zero-order valence-corrected chi connectivity index (χ0v) is 15.7. The molecule has 2 aliphatic rings. The number of fused-ring (bicyclic) bond motifs is 2. The van der Waals surface area contributed by atoms with Crippen molar-refractivity contribution >= 4 is 11.4 Å². The summed E-state index contributed by atoms with van der Waals surface area (Å²) in [4.78, 5) is 12.9. The van der Waals surface area contributed by atoms with E-state index in [1.165, 1.54) is 11.7 Å². The molecule has 0 radical (unpaired) electrons. The van der Waals surface area contributed by atoms with Crippen LogP contribution in [0.3, 0.4) is 0 Å². The molecule has 28 heavy (non-hydrogen) atoms. The van der Waals surface area contributed by atoms with Crippen LogP contribution in [0.25, 0.3) is 16.8 Å². The fourth-order valence-corrected chi connectivity index (χ4v) is 4.43. The molecule has 148 valence electrons. The number of hydrogen-bond acceptors (Lipinski definition) is 3. The van der Waals surface area contributed by atoms with Gasteiger partial charge in [0, 0.05) is 24.4 Å². The van der Waals surface area contributed by atoms with E-state index in [1.54, 1.807) is 12.1 Å². The fraction of sp³-hybridized carbons (Fsp3) is 0.429. The van der Waals surface area contributed by atoms with Gasteiger partial charge in [-0.1, -0.05) is 19.1 Å². The molecule has 2 bridgehead atoms. The molecule has 1 aromatic carbocycles. The Balaban J connectivity index is 1.86. The van der Waals surface area contributed by atoms with Crippen molar-refractivity contribution < 1.29 is 23.1 Å². The molecule has 2 atom stereocenters. The number of aromatic nitrogens is 2. The van der Waals surface area contributed by atoms with Crippen molar-refractivity contribution in [3.05, 3.63) is 46.8 Å². The topological polar surface area (TPSA) is 55.1 Å². The number of hydrogen-bond donors (Lipinski definition) is 1. The van der Waals surface area contributed by atoms with Gasteiger partial charge in [0.2, 0.25) is 0 Å². The lowest BCUT2D eigenvalue weighted by molar-refractivity contribution is -0.141. The molecule has 4 nitrogen and oxygen atoms in total. The largest absolute Gasteiger partial charge is 0.511 e. The number of ketones is 1. The number of benzene rings is 1.